The molecule has 3 rings (SSSR count). The third kappa shape index (κ3) is 3.27. The fourth-order valence-corrected chi connectivity index (χ4v) is 6.58. The van der Waals surface area contributed by atoms with E-state index >= 15 is 0 Å². The van der Waals surface area contributed by atoms with Gasteiger partial charge in [-0.05, 0) is 23.6 Å². The maximum Gasteiger partial charge on any atom is 0.252 e. The van der Waals surface area contributed by atoms with Crippen molar-refractivity contribution in [2.45, 2.75) is 9.10 Å². The van der Waals surface area contributed by atoms with Crippen LogP contribution in [0.3, 0.4) is 0 Å². The molecule has 142 valence electrons. The van der Waals surface area contributed by atoms with Gasteiger partial charge >= 0.3 is 0 Å². The minimum Gasteiger partial charge on any atom is -0.207 e. The highest BCUT2D eigenvalue weighted by Gasteiger charge is 2.36. The van der Waals surface area contributed by atoms with Crippen molar-refractivity contribution < 1.29 is 30.0 Å². The molecule has 12 heteroatoms. The molecule has 1 aromatic carbocycles. The highest BCUT2D eigenvalue weighted by molar-refractivity contribution is 7.91. The lowest BCUT2D eigenvalue weighted by atomic mass is 10.3. The monoisotopic (exact) mass is 426 g/mol. The van der Waals surface area contributed by atoms with Gasteiger partial charge in [-0.1, -0.05) is 6.07 Å². The van der Waals surface area contributed by atoms with E-state index in [0.29, 0.717) is 12.1 Å². The molecule has 1 fully saturated rings. The lowest BCUT2D eigenvalue weighted by Crippen LogP contribution is -2.50. The van der Waals surface area contributed by atoms with Crippen molar-refractivity contribution in [2.24, 2.45) is 0 Å². The average molecular weight is 426 g/mol. The Morgan fingerprint density at radius 2 is 1.38 bits per heavy atom. The summed E-state index contributed by atoms with van der Waals surface area (Å²) in [5.74, 6) is -5.16. The Kier molecular flexibility index (Phi) is 5.14. The van der Waals surface area contributed by atoms with Crippen LogP contribution >= 0.6 is 11.3 Å². The SMILES string of the molecule is O=S(=O)(c1cccs1)N1CCN(S(=O)(=O)c2ccc(F)c(F)c2F)CC1. The molecule has 1 aliphatic rings. The van der Waals surface area contributed by atoms with Crippen molar-refractivity contribution in [3.8, 4) is 0 Å². The van der Waals surface area contributed by atoms with Crippen LogP contribution < -0.4 is 0 Å². The van der Waals surface area contributed by atoms with E-state index < -0.39 is 42.4 Å². The summed E-state index contributed by atoms with van der Waals surface area (Å²) >= 11 is 1.04. The Hall–Kier alpha value is -1.47. The van der Waals surface area contributed by atoms with Gasteiger partial charge in [0.15, 0.2) is 17.5 Å². The molecule has 0 atom stereocenters. The molecule has 0 saturated carbocycles. The zero-order valence-corrected chi connectivity index (χ0v) is 15.6. The van der Waals surface area contributed by atoms with Gasteiger partial charge in [-0.25, -0.2) is 30.0 Å². The first kappa shape index (κ1) is 19.3. The van der Waals surface area contributed by atoms with Gasteiger partial charge in [0, 0.05) is 26.2 Å². The van der Waals surface area contributed by atoms with Crippen LogP contribution in [0.25, 0.3) is 0 Å². The highest BCUT2D eigenvalue weighted by atomic mass is 32.2. The molecule has 6 nitrogen and oxygen atoms in total. The lowest BCUT2D eigenvalue weighted by Gasteiger charge is -2.33. The van der Waals surface area contributed by atoms with Gasteiger partial charge in [-0.2, -0.15) is 8.61 Å². The van der Waals surface area contributed by atoms with Gasteiger partial charge in [0.2, 0.25) is 10.0 Å². The smallest absolute Gasteiger partial charge is 0.207 e. The quantitative estimate of drug-likeness (QED) is 0.700. The van der Waals surface area contributed by atoms with E-state index in [9.17, 15) is 30.0 Å². The number of nitrogens with zero attached hydrogens (tertiary/aromatic N) is 2. The van der Waals surface area contributed by atoms with Crippen LogP contribution in [0.5, 0.6) is 0 Å². The van der Waals surface area contributed by atoms with Gasteiger partial charge in [0.1, 0.15) is 9.10 Å². The van der Waals surface area contributed by atoms with E-state index in [4.69, 9.17) is 0 Å². The number of rotatable bonds is 4. The zero-order chi connectivity index (χ0) is 19.1. The maximum absolute atomic E-state index is 13.8. The van der Waals surface area contributed by atoms with Crippen molar-refractivity contribution in [3.63, 3.8) is 0 Å². The molecule has 1 aromatic heterocycles. The van der Waals surface area contributed by atoms with E-state index in [1.807, 2.05) is 0 Å². The molecule has 26 heavy (non-hydrogen) atoms. The summed E-state index contributed by atoms with van der Waals surface area (Å²) in [6, 6.07) is 4.21. The molecule has 0 amide bonds. The number of hydrogen-bond donors (Lipinski definition) is 0. The number of benzene rings is 1. The number of piperazine rings is 1. The minimum absolute atomic E-state index is 0.134. The molecule has 0 N–H and O–H groups in total. The Morgan fingerprint density at radius 1 is 0.808 bits per heavy atom. The Labute approximate surface area is 152 Å². The third-order valence-corrected chi connectivity index (χ3v) is 9.09. The van der Waals surface area contributed by atoms with Crippen molar-refractivity contribution in [1.82, 2.24) is 8.61 Å². The zero-order valence-electron chi connectivity index (χ0n) is 13.1. The Bertz CT molecular complexity index is 1020. The van der Waals surface area contributed by atoms with Crippen LogP contribution in [0, 0.1) is 17.5 Å². The minimum atomic E-state index is -4.42. The number of hydrogen-bond acceptors (Lipinski definition) is 5. The van der Waals surface area contributed by atoms with Crippen LogP contribution in [0.15, 0.2) is 38.8 Å². The Balaban J connectivity index is 1.81. The van der Waals surface area contributed by atoms with Crippen LogP contribution in [-0.4, -0.2) is 51.6 Å². The molecular weight excluding hydrogens is 413 g/mol. The van der Waals surface area contributed by atoms with Crippen molar-refractivity contribution >= 4 is 31.4 Å². The van der Waals surface area contributed by atoms with Crippen LogP contribution in [0.2, 0.25) is 0 Å². The predicted octanol–water partition coefficient (Wildman–Crippen LogP) is 1.86. The van der Waals surface area contributed by atoms with Crippen molar-refractivity contribution in [3.05, 3.63) is 47.1 Å². The first-order chi connectivity index (χ1) is 12.2. The molecule has 0 unspecified atom stereocenters. The van der Waals surface area contributed by atoms with E-state index in [1.54, 1.807) is 11.4 Å². The first-order valence-electron chi connectivity index (χ1n) is 7.33. The third-order valence-electron chi connectivity index (χ3n) is 3.90. The molecule has 2 heterocycles. The summed E-state index contributed by atoms with van der Waals surface area (Å²) in [5, 5.41) is 1.61. The Morgan fingerprint density at radius 3 is 1.92 bits per heavy atom. The van der Waals surface area contributed by atoms with Crippen LogP contribution in [0.4, 0.5) is 13.2 Å². The van der Waals surface area contributed by atoms with Crippen molar-refractivity contribution in [2.75, 3.05) is 26.2 Å². The number of thiophene rings is 1. The fraction of sp³-hybridized carbons (Fsp3) is 0.286. The molecule has 0 bridgehead atoms. The van der Waals surface area contributed by atoms with Gasteiger partial charge in [-0.3, -0.25) is 0 Å². The number of sulfonamides is 2. The van der Waals surface area contributed by atoms with Gasteiger partial charge in [0.05, 0.1) is 0 Å². The van der Waals surface area contributed by atoms with Gasteiger partial charge < -0.3 is 0 Å². The van der Waals surface area contributed by atoms with E-state index in [-0.39, 0.29) is 30.4 Å². The summed E-state index contributed by atoms with van der Waals surface area (Å²) in [6.07, 6.45) is 0. The number of halogens is 3. The van der Waals surface area contributed by atoms with E-state index in [1.165, 1.54) is 6.07 Å². The van der Waals surface area contributed by atoms with Crippen molar-refractivity contribution in [1.29, 1.82) is 0 Å². The van der Waals surface area contributed by atoms with Gasteiger partial charge in [-0.15, -0.1) is 11.3 Å². The predicted molar refractivity (Wildman–Crippen MR) is 88.2 cm³/mol. The largest absolute Gasteiger partial charge is 0.252 e. The molecule has 0 aliphatic carbocycles. The standard InChI is InChI=1S/C14H13F3N2O4S3/c15-10-3-4-11(14(17)13(10)16)25(20,21)18-5-7-19(8-6-18)26(22,23)12-2-1-9-24-12/h1-4,9H,5-8H2. The summed E-state index contributed by atoms with van der Waals surface area (Å²) in [5.41, 5.74) is 0. The highest BCUT2D eigenvalue weighted by Crippen LogP contribution is 2.26. The molecule has 1 aliphatic heterocycles. The molecule has 0 spiro atoms. The topological polar surface area (TPSA) is 74.8 Å². The fourth-order valence-electron chi connectivity index (χ4n) is 2.53. The second kappa shape index (κ2) is 6.93. The molecule has 2 aromatic rings. The molecule has 1 saturated heterocycles. The summed E-state index contributed by atoms with van der Waals surface area (Å²) in [7, 11) is -8.15. The molecular formula is C14H13F3N2O4S3. The summed E-state index contributed by atoms with van der Waals surface area (Å²) in [6.45, 7) is -0.730. The second-order valence-electron chi connectivity index (χ2n) is 5.41. The molecule has 0 radical (unpaired) electrons. The van der Waals surface area contributed by atoms with E-state index in [2.05, 4.69) is 0 Å². The van der Waals surface area contributed by atoms with Crippen LogP contribution in [-0.2, 0) is 20.0 Å². The maximum atomic E-state index is 13.8. The summed E-state index contributed by atoms with van der Waals surface area (Å²) in [4.78, 5) is -0.981. The second-order valence-corrected chi connectivity index (χ2v) is 10.4. The van der Waals surface area contributed by atoms with Gasteiger partial charge in [0.25, 0.3) is 10.0 Å². The normalized spacial score (nSPS) is 17.5. The van der Waals surface area contributed by atoms with Crippen LogP contribution in [0.1, 0.15) is 0 Å². The lowest BCUT2D eigenvalue weighted by molar-refractivity contribution is 0.272. The first-order valence-corrected chi connectivity index (χ1v) is 11.1. The summed E-state index contributed by atoms with van der Waals surface area (Å²) < 4.78 is 92.1. The van der Waals surface area contributed by atoms with E-state index in [0.717, 1.165) is 19.9 Å². The average Bonchev–Trinajstić information content (AvgIpc) is 3.15.